The summed E-state index contributed by atoms with van der Waals surface area (Å²) in [6.07, 6.45) is 0. The van der Waals surface area contributed by atoms with Crippen molar-refractivity contribution in [3.05, 3.63) is 18.2 Å². The number of benzene rings is 1. The number of nitrogen functional groups attached to an aromatic ring is 1. The van der Waals surface area contributed by atoms with Crippen LogP contribution in [0.25, 0.3) is 0 Å². The number of amides is 1. The minimum absolute atomic E-state index is 0.116. The highest BCUT2D eigenvalue weighted by Gasteiger charge is 2.20. The van der Waals surface area contributed by atoms with E-state index in [2.05, 4.69) is 4.90 Å². The zero-order valence-corrected chi connectivity index (χ0v) is 11.0. The Bertz CT molecular complexity index is 434. The maximum atomic E-state index is 11.8. The van der Waals surface area contributed by atoms with Gasteiger partial charge in [0, 0.05) is 37.0 Å². The van der Waals surface area contributed by atoms with Crippen LogP contribution >= 0.6 is 11.8 Å². The van der Waals surface area contributed by atoms with Crippen molar-refractivity contribution in [3.8, 4) is 0 Å². The molecule has 1 aliphatic heterocycles. The van der Waals surface area contributed by atoms with E-state index in [-0.39, 0.29) is 5.91 Å². The van der Waals surface area contributed by atoms with Crippen LogP contribution in [0.2, 0.25) is 0 Å². The molecule has 1 amide bonds. The Kier molecular flexibility index (Phi) is 3.47. The number of thioether (sulfide) groups is 1. The van der Waals surface area contributed by atoms with E-state index < -0.39 is 0 Å². The van der Waals surface area contributed by atoms with Crippen LogP contribution in [0.5, 0.6) is 0 Å². The summed E-state index contributed by atoms with van der Waals surface area (Å²) in [6, 6.07) is 5.88. The molecule has 1 heterocycles. The van der Waals surface area contributed by atoms with Gasteiger partial charge in [-0.05, 0) is 18.2 Å². The SMILES string of the molecule is CN(C)C(=O)CN1CCSc2ccc(N)cc21. The lowest BCUT2D eigenvalue weighted by Gasteiger charge is -2.31. The molecule has 0 fully saturated rings. The molecule has 92 valence electrons. The van der Waals surface area contributed by atoms with E-state index in [1.807, 2.05) is 30.0 Å². The van der Waals surface area contributed by atoms with Crippen molar-refractivity contribution in [1.82, 2.24) is 4.90 Å². The maximum Gasteiger partial charge on any atom is 0.241 e. The molecule has 5 heteroatoms. The summed E-state index contributed by atoms with van der Waals surface area (Å²) < 4.78 is 0. The van der Waals surface area contributed by atoms with Gasteiger partial charge in [0.05, 0.1) is 12.2 Å². The van der Waals surface area contributed by atoms with Crippen molar-refractivity contribution in [2.75, 3.05) is 43.6 Å². The second-order valence-corrected chi connectivity index (χ2v) is 5.42. The standard InChI is InChI=1S/C12H17N3OS/c1-14(2)12(16)8-15-5-6-17-11-4-3-9(13)7-10(11)15/h3-4,7H,5-6,8,13H2,1-2H3. The molecule has 0 aliphatic carbocycles. The van der Waals surface area contributed by atoms with E-state index in [0.717, 1.165) is 23.7 Å². The Labute approximate surface area is 106 Å². The van der Waals surface area contributed by atoms with Crippen LogP contribution in [-0.2, 0) is 4.79 Å². The van der Waals surface area contributed by atoms with Crippen molar-refractivity contribution >= 4 is 29.0 Å². The molecule has 1 aromatic rings. The van der Waals surface area contributed by atoms with Gasteiger partial charge < -0.3 is 15.5 Å². The van der Waals surface area contributed by atoms with E-state index in [9.17, 15) is 4.79 Å². The first-order chi connectivity index (χ1) is 8.08. The molecule has 0 aromatic heterocycles. The van der Waals surface area contributed by atoms with E-state index in [1.165, 1.54) is 4.90 Å². The maximum absolute atomic E-state index is 11.8. The third-order valence-corrected chi connectivity index (χ3v) is 3.81. The second-order valence-electron chi connectivity index (χ2n) is 4.29. The molecule has 17 heavy (non-hydrogen) atoms. The van der Waals surface area contributed by atoms with Gasteiger partial charge in [0.25, 0.3) is 0 Å². The van der Waals surface area contributed by atoms with Gasteiger partial charge in [-0.3, -0.25) is 4.79 Å². The summed E-state index contributed by atoms with van der Waals surface area (Å²) in [7, 11) is 3.56. The van der Waals surface area contributed by atoms with Gasteiger partial charge in [0.1, 0.15) is 0 Å². The van der Waals surface area contributed by atoms with Crippen LogP contribution in [0.1, 0.15) is 0 Å². The molecular weight excluding hydrogens is 234 g/mol. The van der Waals surface area contributed by atoms with Gasteiger partial charge in [0.15, 0.2) is 0 Å². The second kappa shape index (κ2) is 4.87. The van der Waals surface area contributed by atoms with E-state index >= 15 is 0 Å². The third kappa shape index (κ3) is 2.66. The number of rotatable bonds is 2. The normalized spacial score (nSPS) is 14.4. The molecule has 2 N–H and O–H groups in total. The van der Waals surface area contributed by atoms with E-state index in [0.29, 0.717) is 6.54 Å². The van der Waals surface area contributed by atoms with Crippen molar-refractivity contribution in [2.24, 2.45) is 0 Å². The molecule has 0 saturated heterocycles. The highest BCUT2D eigenvalue weighted by Crippen LogP contribution is 2.35. The monoisotopic (exact) mass is 251 g/mol. The molecule has 0 saturated carbocycles. The Hall–Kier alpha value is -1.36. The molecule has 1 aromatic carbocycles. The predicted molar refractivity (Wildman–Crippen MR) is 72.5 cm³/mol. The average Bonchev–Trinajstić information content (AvgIpc) is 2.29. The van der Waals surface area contributed by atoms with Crippen LogP contribution < -0.4 is 10.6 Å². The number of nitrogens with two attached hydrogens (primary N) is 1. The molecule has 0 spiro atoms. The minimum atomic E-state index is 0.116. The molecule has 4 nitrogen and oxygen atoms in total. The van der Waals surface area contributed by atoms with Gasteiger partial charge in [-0.25, -0.2) is 0 Å². The van der Waals surface area contributed by atoms with E-state index in [1.54, 1.807) is 19.0 Å². The third-order valence-electron chi connectivity index (χ3n) is 2.77. The highest BCUT2D eigenvalue weighted by atomic mass is 32.2. The first-order valence-electron chi connectivity index (χ1n) is 5.55. The number of hydrogen-bond acceptors (Lipinski definition) is 4. The van der Waals surface area contributed by atoms with E-state index in [4.69, 9.17) is 5.73 Å². The summed E-state index contributed by atoms with van der Waals surface area (Å²) in [6.45, 7) is 1.31. The van der Waals surface area contributed by atoms with Gasteiger partial charge in [0.2, 0.25) is 5.91 Å². The molecule has 0 unspecified atom stereocenters. The topological polar surface area (TPSA) is 49.6 Å². The van der Waals surface area contributed by atoms with Crippen LogP contribution in [-0.4, -0.2) is 43.7 Å². The number of likely N-dealkylation sites (N-methyl/N-ethyl adjacent to an activating group) is 1. The molecular formula is C12H17N3OS. The molecule has 1 aliphatic rings. The molecule has 0 radical (unpaired) electrons. The summed E-state index contributed by atoms with van der Waals surface area (Å²) in [4.78, 5) is 16.7. The van der Waals surface area contributed by atoms with Crippen molar-refractivity contribution in [2.45, 2.75) is 4.90 Å². The lowest BCUT2D eigenvalue weighted by atomic mass is 10.2. The van der Waals surface area contributed by atoms with Crippen molar-refractivity contribution in [1.29, 1.82) is 0 Å². The Morgan fingerprint density at radius 1 is 1.53 bits per heavy atom. The summed E-state index contributed by atoms with van der Waals surface area (Å²) >= 11 is 1.81. The minimum Gasteiger partial charge on any atom is -0.399 e. The van der Waals surface area contributed by atoms with Crippen LogP contribution in [0.15, 0.2) is 23.1 Å². The Morgan fingerprint density at radius 2 is 2.29 bits per heavy atom. The van der Waals surface area contributed by atoms with Crippen LogP contribution in [0.3, 0.4) is 0 Å². The van der Waals surface area contributed by atoms with Crippen LogP contribution in [0.4, 0.5) is 11.4 Å². The average molecular weight is 251 g/mol. The van der Waals surface area contributed by atoms with Crippen LogP contribution in [0, 0.1) is 0 Å². The highest BCUT2D eigenvalue weighted by molar-refractivity contribution is 7.99. The van der Waals surface area contributed by atoms with Gasteiger partial charge >= 0.3 is 0 Å². The predicted octanol–water partition coefficient (Wildman–Crippen LogP) is 1.27. The quantitative estimate of drug-likeness (QED) is 0.804. The Balaban J connectivity index is 2.22. The number of carbonyl (C=O) groups is 1. The number of anilines is 2. The molecule has 0 atom stereocenters. The fourth-order valence-electron chi connectivity index (χ4n) is 1.76. The fourth-order valence-corrected chi connectivity index (χ4v) is 2.79. The van der Waals surface area contributed by atoms with Gasteiger partial charge in [-0.2, -0.15) is 0 Å². The summed E-state index contributed by atoms with van der Waals surface area (Å²) in [5.74, 6) is 1.13. The van der Waals surface area contributed by atoms with Crippen molar-refractivity contribution < 1.29 is 4.79 Å². The Morgan fingerprint density at radius 3 is 3.00 bits per heavy atom. The number of fused-ring (bicyclic) bond motifs is 1. The van der Waals surface area contributed by atoms with Crippen molar-refractivity contribution in [3.63, 3.8) is 0 Å². The summed E-state index contributed by atoms with van der Waals surface area (Å²) in [5, 5.41) is 0. The summed E-state index contributed by atoms with van der Waals surface area (Å²) in [5.41, 5.74) is 7.63. The smallest absolute Gasteiger partial charge is 0.241 e. The molecule has 0 bridgehead atoms. The fraction of sp³-hybridized carbons (Fsp3) is 0.417. The van der Waals surface area contributed by atoms with Gasteiger partial charge in [-0.1, -0.05) is 0 Å². The number of hydrogen-bond donors (Lipinski definition) is 1. The lowest BCUT2D eigenvalue weighted by Crippen LogP contribution is -2.39. The number of nitrogens with zero attached hydrogens (tertiary/aromatic N) is 2. The largest absolute Gasteiger partial charge is 0.399 e. The first kappa shape index (κ1) is 12.1. The molecule has 2 rings (SSSR count). The first-order valence-corrected chi connectivity index (χ1v) is 6.54. The lowest BCUT2D eigenvalue weighted by molar-refractivity contribution is -0.127. The number of carbonyl (C=O) groups excluding carboxylic acids is 1. The zero-order valence-electron chi connectivity index (χ0n) is 10.1. The zero-order chi connectivity index (χ0) is 12.4. The van der Waals surface area contributed by atoms with Gasteiger partial charge in [-0.15, -0.1) is 11.8 Å².